The molecule has 0 fully saturated rings. The predicted molar refractivity (Wildman–Crippen MR) is 318 cm³/mol. The van der Waals surface area contributed by atoms with E-state index in [0.717, 1.165) is 115 Å². The van der Waals surface area contributed by atoms with E-state index in [-0.39, 0.29) is 0 Å². The second kappa shape index (κ2) is 17.1. The molecule has 0 atom stereocenters. The molecule has 8 heteroatoms. The summed E-state index contributed by atoms with van der Waals surface area (Å²) >= 11 is 3.58. The number of H-pyrrole nitrogens is 1. The molecule has 0 saturated heterocycles. The van der Waals surface area contributed by atoms with Crippen LogP contribution in [0, 0.1) is 0 Å². The summed E-state index contributed by atoms with van der Waals surface area (Å²) < 4.78 is 16.4. The Bertz CT molecular complexity index is 5010. The van der Waals surface area contributed by atoms with Crippen molar-refractivity contribution in [1.29, 1.82) is 0 Å². The molecule has 5 heterocycles. The van der Waals surface area contributed by atoms with Gasteiger partial charge >= 0.3 is 0 Å². The molecule has 0 aliphatic heterocycles. The number of hydrogen-bond acceptors (Lipinski definition) is 5. The zero-order chi connectivity index (χ0) is 50.7. The lowest BCUT2D eigenvalue weighted by molar-refractivity contribution is 0.669. The number of fused-ring (bicyclic) bond motifs is 12. The van der Waals surface area contributed by atoms with Crippen molar-refractivity contribution in [3.63, 3.8) is 0 Å². The van der Waals surface area contributed by atoms with E-state index in [0.29, 0.717) is 17.5 Å². The molecule has 16 rings (SSSR count). The number of rotatable bonds is 7. The van der Waals surface area contributed by atoms with E-state index in [9.17, 15) is 0 Å². The summed E-state index contributed by atoms with van der Waals surface area (Å²) in [6.07, 6.45) is 0. The van der Waals surface area contributed by atoms with E-state index >= 15 is 0 Å². The maximum absolute atomic E-state index is 6.76. The van der Waals surface area contributed by atoms with Gasteiger partial charge in [-0.3, -0.25) is 0 Å². The lowest BCUT2D eigenvalue weighted by Crippen LogP contribution is -2.00. The summed E-state index contributed by atoms with van der Waals surface area (Å²) in [6.45, 7) is 0. The third-order valence-electron chi connectivity index (χ3n) is 15.3. The van der Waals surface area contributed by atoms with Gasteiger partial charge in [-0.25, -0.2) is 15.0 Å². The molecule has 0 amide bonds. The quantitative estimate of drug-likeness (QED) is 0.172. The van der Waals surface area contributed by atoms with Crippen LogP contribution in [0.15, 0.2) is 250 Å². The molecular weight excluding hydrogens is 1010 g/mol. The Hall–Kier alpha value is -9.89. The molecule has 7 nitrogen and oxygen atoms in total. The first-order chi connectivity index (χ1) is 38.0. The van der Waals surface area contributed by atoms with Crippen molar-refractivity contribution in [1.82, 2.24) is 24.5 Å². The van der Waals surface area contributed by atoms with Gasteiger partial charge in [0.25, 0.3) is 0 Å². The first-order valence-corrected chi connectivity index (χ1v) is 26.5. The molecule has 16 aromatic rings. The van der Waals surface area contributed by atoms with Crippen LogP contribution in [0.4, 0.5) is 0 Å². The molecule has 11 aromatic carbocycles. The fraction of sp³-hybridized carbons (Fsp3) is 0. The molecule has 0 aliphatic carbocycles. The molecule has 5 aromatic heterocycles. The smallest absolute Gasteiger partial charge is 0.164 e. The van der Waals surface area contributed by atoms with Crippen LogP contribution < -0.4 is 0 Å². The monoisotopic (exact) mass is 1050 g/mol. The van der Waals surface area contributed by atoms with Gasteiger partial charge in [0.05, 0.1) is 16.6 Å². The van der Waals surface area contributed by atoms with E-state index < -0.39 is 0 Å². The minimum Gasteiger partial charge on any atom is -0.456 e. The molecule has 0 aliphatic rings. The predicted octanol–water partition coefficient (Wildman–Crippen LogP) is 19.2. The van der Waals surface area contributed by atoms with Crippen LogP contribution in [0.1, 0.15) is 0 Å². The summed E-state index contributed by atoms with van der Waals surface area (Å²) in [5.74, 6) is 1.74. The zero-order valence-corrected chi connectivity index (χ0v) is 42.6. The van der Waals surface area contributed by atoms with Crippen molar-refractivity contribution in [2.45, 2.75) is 0 Å². The normalized spacial score (nSPS) is 12.0. The Morgan fingerprint density at radius 1 is 0.338 bits per heavy atom. The Kier molecular flexibility index (Phi) is 9.65. The Morgan fingerprint density at radius 3 is 1.68 bits per heavy atom. The SMILES string of the molecule is Brc1ccc(-c2nc(-c3ccc(-c4ccc5oc6c(-c7cccc(-c8cccc9c8[nH]c8ccc(-n%10c%11ccccc%11c%11ccccc%11%10)cc89)c7)cccc6c5c4)cc3)nc(-c3ccc4c(c3)oc3ccccc34)n2)cc1. The van der Waals surface area contributed by atoms with E-state index in [1.807, 2.05) is 48.5 Å². The second-order valence-corrected chi connectivity index (χ2v) is 20.6. The number of nitrogens with one attached hydrogen (secondary N) is 1. The third kappa shape index (κ3) is 7.07. The van der Waals surface area contributed by atoms with Gasteiger partial charge in [-0.05, 0) is 101 Å². The van der Waals surface area contributed by atoms with Crippen molar-refractivity contribution in [2.24, 2.45) is 0 Å². The average molecular weight is 1050 g/mol. The van der Waals surface area contributed by atoms with Gasteiger partial charge in [0.2, 0.25) is 0 Å². The number of furan rings is 2. The zero-order valence-electron chi connectivity index (χ0n) is 41.0. The van der Waals surface area contributed by atoms with Crippen LogP contribution in [-0.2, 0) is 0 Å². The third-order valence-corrected chi connectivity index (χ3v) is 15.8. The van der Waals surface area contributed by atoms with Crippen LogP contribution in [-0.4, -0.2) is 24.5 Å². The number of benzene rings is 11. The molecule has 0 saturated carbocycles. The van der Waals surface area contributed by atoms with Gasteiger partial charge < -0.3 is 18.4 Å². The highest BCUT2D eigenvalue weighted by atomic mass is 79.9. The van der Waals surface area contributed by atoms with Crippen LogP contribution in [0.25, 0.3) is 161 Å². The van der Waals surface area contributed by atoms with Crippen molar-refractivity contribution in [2.75, 3.05) is 0 Å². The molecule has 77 heavy (non-hydrogen) atoms. The highest BCUT2D eigenvalue weighted by Crippen LogP contribution is 2.42. The van der Waals surface area contributed by atoms with Gasteiger partial charge in [-0.15, -0.1) is 0 Å². The van der Waals surface area contributed by atoms with Gasteiger partial charge in [-0.2, -0.15) is 0 Å². The number of hydrogen-bond donors (Lipinski definition) is 1. The van der Waals surface area contributed by atoms with Crippen molar-refractivity contribution in [3.8, 4) is 73.2 Å². The van der Waals surface area contributed by atoms with Crippen LogP contribution in [0.3, 0.4) is 0 Å². The molecular formula is C69H40BrN5O2. The summed E-state index contributed by atoms with van der Waals surface area (Å²) in [4.78, 5) is 18.9. The Labute approximate surface area is 448 Å². The first kappa shape index (κ1) is 43.5. The molecule has 0 unspecified atom stereocenters. The fourth-order valence-electron chi connectivity index (χ4n) is 11.6. The summed E-state index contributed by atoms with van der Waals surface area (Å²) in [7, 11) is 0. The maximum atomic E-state index is 6.76. The van der Waals surface area contributed by atoms with E-state index in [4.69, 9.17) is 23.8 Å². The maximum Gasteiger partial charge on any atom is 0.164 e. The van der Waals surface area contributed by atoms with Crippen molar-refractivity contribution in [3.05, 3.63) is 241 Å². The van der Waals surface area contributed by atoms with Crippen molar-refractivity contribution < 1.29 is 8.83 Å². The summed E-state index contributed by atoms with van der Waals surface area (Å²) in [5, 5.41) is 9.15. The van der Waals surface area contributed by atoms with E-state index in [1.165, 1.54) is 32.6 Å². The lowest BCUT2D eigenvalue weighted by Gasteiger charge is -2.09. The lowest BCUT2D eigenvalue weighted by atomic mass is 9.96. The molecule has 1 N–H and O–H groups in total. The number of halogens is 1. The standard InChI is InChI=1S/C69H40BrN5O2/c70-47-30-26-42(27-31-47)68-72-67(73-69(74-68)46-28-33-54-53-14-3-6-21-62(53)76-64(54)38-46)41-24-22-40(23-25-41)43-29-35-63-58(37-43)56-18-9-16-50(66(56)77-63)45-11-7-10-44(36-45)49-15-8-17-55-57-39-48(32-34-59(57)71-65(49)55)75-60-19-4-1-12-51(60)52-13-2-5-20-61(52)75/h1-39,71H. The summed E-state index contributed by atoms with van der Waals surface area (Å²) in [5.41, 5.74) is 18.3. The van der Waals surface area contributed by atoms with Gasteiger partial charge in [0.1, 0.15) is 22.3 Å². The van der Waals surface area contributed by atoms with Crippen LogP contribution in [0.2, 0.25) is 0 Å². The van der Waals surface area contributed by atoms with Crippen molar-refractivity contribution >= 4 is 103 Å². The largest absolute Gasteiger partial charge is 0.456 e. The minimum atomic E-state index is 0.570. The van der Waals surface area contributed by atoms with Gasteiger partial charge in [0, 0.05) is 86.6 Å². The molecule has 360 valence electrons. The molecule has 0 radical (unpaired) electrons. The topological polar surface area (TPSA) is 85.7 Å². The molecule has 0 bridgehead atoms. The number of aromatic nitrogens is 5. The minimum absolute atomic E-state index is 0.570. The average Bonchev–Trinajstić information content (AvgIpc) is 4.35. The van der Waals surface area contributed by atoms with Gasteiger partial charge in [-0.1, -0.05) is 174 Å². The number of nitrogens with zero attached hydrogens (tertiary/aromatic N) is 4. The van der Waals surface area contributed by atoms with Crippen LogP contribution in [0.5, 0.6) is 0 Å². The fourth-order valence-corrected chi connectivity index (χ4v) is 11.9. The Balaban J connectivity index is 0.730. The van der Waals surface area contributed by atoms with E-state index in [1.54, 1.807) is 0 Å². The second-order valence-electron chi connectivity index (χ2n) is 19.7. The first-order valence-electron chi connectivity index (χ1n) is 25.7. The summed E-state index contributed by atoms with van der Waals surface area (Å²) in [6, 6.07) is 83.2. The highest BCUT2D eigenvalue weighted by Gasteiger charge is 2.19. The van der Waals surface area contributed by atoms with Gasteiger partial charge in [0.15, 0.2) is 17.5 Å². The van der Waals surface area contributed by atoms with Crippen LogP contribution >= 0.6 is 15.9 Å². The Morgan fingerprint density at radius 2 is 0.909 bits per heavy atom. The van der Waals surface area contributed by atoms with E-state index in [2.05, 4.69) is 214 Å². The molecule has 0 spiro atoms. The highest BCUT2D eigenvalue weighted by molar-refractivity contribution is 9.10. The number of aromatic amines is 1. The number of para-hydroxylation sites is 5.